The lowest BCUT2D eigenvalue weighted by Gasteiger charge is -2.17. The van der Waals surface area contributed by atoms with Crippen molar-refractivity contribution in [3.8, 4) is 0 Å². The third-order valence-corrected chi connectivity index (χ3v) is 4.65. The maximum atomic E-state index is 11.0. The lowest BCUT2D eigenvalue weighted by Crippen LogP contribution is -2.08. The van der Waals surface area contributed by atoms with Crippen LogP contribution in [-0.4, -0.2) is 4.92 Å². The number of nitro benzene ring substituents is 1. The summed E-state index contributed by atoms with van der Waals surface area (Å²) in [6.07, 6.45) is 0. The smallest absolute Gasteiger partial charge is 0.272 e. The predicted molar refractivity (Wildman–Crippen MR) is 89.0 cm³/mol. The van der Waals surface area contributed by atoms with Gasteiger partial charge in [0.1, 0.15) is 0 Å². The molecule has 0 aliphatic heterocycles. The molecule has 1 N–H and O–H groups in total. The highest BCUT2D eigenvalue weighted by Gasteiger charge is 2.15. The van der Waals surface area contributed by atoms with Crippen LogP contribution in [0.25, 0.3) is 0 Å². The SMILES string of the molecule is Cc1ccc(C(C)Nc2cccc(Cl)c2Br)cc1[N+](=O)[O-]. The molecule has 2 rings (SSSR count). The standard InChI is InChI=1S/C15H14BrClN2O2/c1-9-6-7-11(8-14(9)19(20)21)10(2)18-13-5-3-4-12(17)15(13)16/h3-8,10,18H,1-2H3. The lowest BCUT2D eigenvalue weighted by molar-refractivity contribution is -0.385. The van der Waals surface area contributed by atoms with Gasteiger partial charge in [-0.3, -0.25) is 10.1 Å². The number of nitrogens with one attached hydrogen (secondary N) is 1. The van der Waals surface area contributed by atoms with Crippen LogP contribution in [0.3, 0.4) is 0 Å². The maximum absolute atomic E-state index is 11.0. The first-order valence-corrected chi connectivity index (χ1v) is 7.52. The summed E-state index contributed by atoms with van der Waals surface area (Å²) in [5.74, 6) is 0. The van der Waals surface area contributed by atoms with Gasteiger partial charge in [0.2, 0.25) is 0 Å². The highest BCUT2D eigenvalue weighted by molar-refractivity contribution is 9.10. The monoisotopic (exact) mass is 368 g/mol. The van der Waals surface area contributed by atoms with E-state index in [4.69, 9.17) is 11.6 Å². The van der Waals surface area contributed by atoms with Crippen molar-refractivity contribution < 1.29 is 4.92 Å². The van der Waals surface area contributed by atoms with Gasteiger partial charge < -0.3 is 5.32 Å². The predicted octanol–water partition coefficient (Wildman–Crippen LogP) is 5.49. The van der Waals surface area contributed by atoms with Gasteiger partial charge in [-0.1, -0.05) is 29.8 Å². The van der Waals surface area contributed by atoms with Crippen LogP contribution >= 0.6 is 27.5 Å². The molecule has 4 nitrogen and oxygen atoms in total. The number of halogens is 2. The summed E-state index contributed by atoms with van der Waals surface area (Å²) in [4.78, 5) is 10.7. The van der Waals surface area contributed by atoms with E-state index in [0.29, 0.717) is 10.6 Å². The maximum Gasteiger partial charge on any atom is 0.272 e. The molecule has 0 bridgehead atoms. The number of hydrogen-bond acceptors (Lipinski definition) is 3. The molecule has 0 saturated heterocycles. The summed E-state index contributed by atoms with van der Waals surface area (Å²) in [5, 5.41) is 14.9. The molecule has 0 spiro atoms. The second-order valence-corrected chi connectivity index (χ2v) is 5.97. The zero-order valence-electron chi connectivity index (χ0n) is 11.6. The fourth-order valence-electron chi connectivity index (χ4n) is 2.02. The Kier molecular flexibility index (Phi) is 4.85. The number of hydrogen-bond donors (Lipinski definition) is 1. The molecule has 1 atom stereocenters. The number of benzene rings is 2. The second-order valence-electron chi connectivity index (χ2n) is 4.77. The van der Waals surface area contributed by atoms with Crippen LogP contribution < -0.4 is 5.32 Å². The molecule has 6 heteroatoms. The number of nitrogens with zero attached hydrogens (tertiary/aromatic N) is 1. The van der Waals surface area contributed by atoms with Gasteiger partial charge in [-0.25, -0.2) is 0 Å². The molecular weight excluding hydrogens is 356 g/mol. The van der Waals surface area contributed by atoms with Gasteiger partial charge in [-0.2, -0.15) is 0 Å². The summed E-state index contributed by atoms with van der Waals surface area (Å²) in [6.45, 7) is 3.68. The zero-order chi connectivity index (χ0) is 15.6. The van der Waals surface area contributed by atoms with Crippen molar-refractivity contribution in [1.29, 1.82) is 0 Å². The molecule has 2 aromatic rings. The summed E-state index contributed by atoms with van der Waals surface area (Å²) in [5.41, 5.74) is 2.48. The van der Waals surface area contributed by atoms with E-state index in [1.807, 2.05) is 25.1 Å². The molecule has 0 aliphatic rings. The number of rotatable bonds is 4. The molecule has 0 aromatic heterocycles. The average Bonchev–Trinajstić information content (AvgIpc) is 2.44. The first kappa shape index (κ1) is 15.8. The highest BCUT2D eigenvalue weighted by Crippen LogP contribution is 2.33. The zero-order valence-corrected chi connectivity index (χ0v) is 13.9. The molecule has 0 radical (unpaired) electrons. The van der Waals surface area contributed by atoms with E-state index in [1.54, 1.807) is 25.1 Å². The Morgan fingerprint density at radius 2 is 2.05 bits per heavy atom. The van der Waals surface area contributed by atoms with E-state index in [2.05, 4.69) is 21.2 Å². The van der Waals surface area contributed by atoms with Crippen molar-refractivity contribution >= 4 is 38.9 Å². The third-order valence-electron chi connectivity index (χ3n) is 3.25. The fraction of sp³-hybridized carbons (Fsp3) is 0.200. The summed E-state index contributed by atoms with van der Waals surface area (Å²) >= 11 is 9.48. The molecular formula is C15H14BrClN2O2. The van der Waals surface area contributed by atoms with E-state index in [0.717, 1.165) is 15.7 Å². The number of aryl methyl sites for hydroxylation is 1. The van der Waals surface area contributed by atoms with Crippen LogP contribution in [0.2, 0.25) is 5.02 Å². The van der Waals surface area contributed by atoms with Gasteiger partial charge in [0.05, 0.1) is 20.1 Å². The first-order valence-electron chi connectivity index (χ1n) is 6.35. The van der Waals surface area contributed by atoms with Gasteiger partial charge in [-0.15, -0.1) is 0 Å². The largest absolute Gasteiger partial charge is 0.378 e. The van der Waals surface area contributed by atoms with Crippen molar-refractivity contribution in [3.05, 3.63) is 67.1 Å². The van der Waals surface area contributed by atoms with Crippen LogP contribution in [0.15, 0.2) is 40.9 Å². The Morgan fingerprint density at radius 1 is 1.33 bits per heavy atom. The van der Waals surface area contributed by atoms with Gasteiger partial charge in [0, 0.05) is 17.7 Å². The molecule has 0 heterocycles. The quantitative estimate of drug-likeness (QED) is 0.572. The minimum absolute atomic E-state index is 0.0842. The van der Waals surface area contributed by atoms with Crippen LogP contribution in [-0.2, 0) is 0 Å². The molecule has 2 aromatic carbocycles. The van der Waals surface area contributed by atoms with E-state index >= 15 is 0 Å². The summed E-state index contributed by atoms with van der Waals surface area (Å²) in [7, 11) is 0. The Bertz CT molecular complexity index is 691. The lowest BCUT2D eigenvalue weighted by atomic mass is 10.0. The molecule has 0 saturated carbocycles. The van der Waals surface area contributed by atoms with E-state index in [1.165, 1.54) is 0 Å². The van der Waals surface area contributed by atoms with E-state index in [9.17, 15) is 10.1 Å². The van der Waals surface area contributed by atoms with E-state index < -0.39 is 0 Å². The third kappa shape index (κ3) is 3.54. The van der Waals surface area contributed by atoms with Crippen LogP contribution in [0.1, 0.15) is 24.1 Å². The number of nitro groups is 1. The van der Waals surface area contributed by atoms with Gasteiger partial charge in [0.15, 0.2) is 0 Å². The van der Waals surface area contributed by atoms with Crippen LogP contribution in [0.4, 0.5) is 11.4 Å². The first-order chi connectivity index (χ1) is 9.90. The fourth-order valence-corrected chi connectivity index (χ4v) is 2.58. The van der Waals surface area contributed by atoms with Crippen molar-refractivity contribution in [2.75, 3.05) is 5.32 Å². The highest BCUT2D eigenvalue weighted by atomic mass is 79.9. The Hall–Kier alpha value is -1.59. The Morgan fingerprint density at radius 3 is 2.71 bits per heavy atom. The van der Waals surface area contributed by atoms with Crippen molar-refractivity contribution in [1.82, 2.24) is 0 Å². The molecule has 21 heavy (non-hydrogen) atoms. The average molecular weight is 370 g/mol. The number of anilines is 1. The van der Waals surface area contributed by atoms with Crippen molar-refractivity contribution in [2.45, 2.75) is 19.9 Å². The second kappa shape index (κ2) is 6.45. The Labute approximate surface area is 136 Å². The normalized spacial score (nSPS) is 12.0. The molecule has 1 unspecified atom stereocenters. The van der Waals surface area contributed by atoms with Crippen LogP contribution in [0.5, 0.6) is 0 Å². The van der Waals surface area contributed by atoms with Crippen LogP contribution in [0, 0.1) is 17.0 Å². The molecule has 110 valence electrons. The van der Waals surface area contributed by atoms with Gasteiger partial charge >= 0.3 is 0 Å². The van der Waals surface area contributed by atoms with Gasteiger partial charge in [0.25, 0.3) is 5.69 Å². The van der Waals surface area contributed by atoms with E-state index in [-0.39, 0.29) is 16.7 Å². The van der Waals surface area contributed by atoms with Gasteiger partial charge in [-0.05, 0) is 47.5 Å². The molecule has 0 fully saturated rings. The topological polar surface area (TPSA) is 55.2 Å². The summed E-state index contributed by atoms with van der Waals surface area (Å²) in [6, 6.07) is 10.7. The molecule has 0 aliphatic carbocycles. The minimum Gasteiger partial charge on any atom is -0.378 e. The van der Waals surface area contributed by atoms with Crippen molar-refractivity contribution in [3.63, 3.8) is 0 Å². The molecule has 0 amide bonds. The minimum atomic E-state index is -0.360. The Balaban J connectivity index is 2.28. The summed E-state index contributed by atoms with van der Waals surface area (Å²) < 4.78 is 0.778. The van der Waals surface area contributed by atoms with Crippen molar-refractivity contribution in [2.24, 2.45) is 0 Å².